The van der Waals surface area contributed by atoms with Crippen LogP contribution >= 0.6 is 11.8 Å². The van der Waals surface area contributed by atoms with Crippen molar-refractivity contribution < 1.29 is 4.79 Å². The summed E-state index contributed by atoms with van der Waals surface area (Å²) in [6.45, 7) is 1.88. The number of aryl methyl sites for hydroxylation is 2. The van der Waals surface area contributed by atoms with Crippen LogP contribution in [-0.4, -0.2) is 22.1 Å². The van der Waals surface area contributed by atoms with E-state index in [1.165, 1.54) is 0 Å². The third-order valence-electron chi connectivity index (χ3n) is 2.57. The van der Waals surface area contributed by atoms with Gasteiger partial charge in [0.05, 0.1) is 5.69 Å². The monoisotopic (exact) mass is 276 g/mol. The van der Waals surface area contributed by atoms with Crippen molar-refractivity contribution in [1.82, 2.24) is 9.78 Å². The van der Waals surface area contributed by atoms with Gasteiger partial charge >= 0.3 is 6.03 Å². The van der Waals surface area contributed by atoms with Gasteiger partial charge in [0.25, 0.3) is 0 Å². The maximum Gasteiger partial charge on any atom is 0.324 e. The number of thioether (sulfide) groups is 1. The van der Waals surface area contributed by atoms with Gasteiger partial charge in [0, 0.05) is 23.7 Å². The summed E-state index contributed by atoms with van der Waals surface area (Å²) in [5.74, 6) is 0.663. The lowest BCUT2D eigenvalue weighted by Gasteiger charge is -2.08. The van der Waals surface area contributed by atoms with E-state index in [-0.39, 0.29) is 6.03 Å². The fourth-order valence-corrected chi connectivity index (χ4v) is 2.17. The molecule has 1 aromatic heterocycles. The third kappa shape index (κ3) is 3.51. The molecule has 19 heavy (non-hydrogen) atoms. The van der Waals surface area contributed by atoms with E-state index in [4.69, 9.17) is 0 Å². The molecule has 1 heterocycles. The normalized spacial score (nSPS) is 10.3. The Hall–Kier alpha value is -1.95. The minimum absolute atomic E-state index is 0.277. The first-order valence-corrected chi connectivity index (χ1v) is 7.03. The fraction of sp³-hybridized carbons (Fsp3) is 0.231. The van der Waals surface area contributed by atoms with Gasteiger partial charge in [-0.3, -0.25) is 10.00 Å². The van der Waals surface area contributed by atoms with E-state index in [2.05, 4.69) is 15.7 Å². The summed E-state index contributed by atoms with van der Waals surface area (Å²) in [4.78, 5) is 13.0. The molecule has 0 radical (unpaired) electrons. The van der Waals surface area contributed by atoms with Crippen LogP contribution in [0.3, 0.4) is 0 Å². The molecule has 2 rings (SSSR count). The largest absolute Gasteiger partial charge is 0.324 e. The first kappa shape index (κ1) is 13.5. The fourth-order valence-electron chi connectivity index (χ4n) is 1.71. The van der Waals surface area contributed by atoms with E-state index in [0.717, 1.165) is 16.3 Å². The van der Waals surface area contributed by atoms with Crippen molar-refractivity contribution in [1.29, 1.82) is 0 Å². The number of benzene rings is 1. The van der Waals surface area contributed by atoms with Crippen molar-refractivity contribution in [2.75, 3.05) is 16.9 Å². The number of nitrogens with one attached hydrogen (secondary N) is 2. The Labute approximate surface area is 116 Å². The topological polar surface area (TPSA) is 59.0 Å². The van der Waals surface area contributed by atoms with Crippen molar-refractivity contribution in [3.63, 3.8) is 0 Å². The van der Waals surface area contributed by atoms with Crippen LogP contribution in [0.5, 0.6) is 0 Å². The SMILES string of the molecule is CSc1cccc(NC(=O)Nc2cc(C)nn2C)c1. The number of carbonyl (C=O) groups excluding carboxylic acids is 1. The number of urea groups is 1. The van der Waals surface area contributed by atoms with Gasteiger partial charge in [0.15, 0.2) is 0 Å². The van der Waals surface area contributed by atoms with Gasteiger partial charge in [0.2, 0.25) is 0 Å². The van der Waals surface area contributed by atoms with Gasteiger partial charge < -0.3 is 5.32 Å². The lowest BCUT2D eigenvalue weighted by Crippen LogP contribution is -2.21. The summed E-state index contributed by atoms with van der Waals surface area (Å²) in [7, 11) is 1.79. The van der Waals surface area contributed by atoms with E-state index >= 15 is 0 Å². The first-order chi connectivity index (χ1) is 9.08. The minimum Gasteiger partial charge on any atom is -0.308 e. The van der Waals surface area contributed by atoms with Crippen LogP contribution in [0, 0.1) is 6.92 Å². The Morgan fingerprint density at radius 1 is 1.32 bits per heavy atom. The lowest BCUT2D eigenvalue weighted by molar-refractivity contribution is 0.262. The predicted molar refractivity (Wildman–Crippen MR) is 78.8 cm³/mol. The number of carbonyl (C=O) groups is 1. The molecule has 1 aromatic carbocycles. The molecule has 0 unspecified atom stereocenters. The zero-order valence-electron chi connectivity index (χ0n) is 11.1. The Morgan fingerprint density at radius 3 is 2.74 bits per heavy atom. The highest BCUT2D eigenvalue weighted by atomic mass is 32.2. The molecule has 0 fully saturated rings. The average molecular weight is 276 g/mol. The molecule has 2 amide bonds. The van der Waals surface area contributed by atoms with Gasteiger partial charge in [-0.15, -0.1) is 11.8 Å². The summed E-state index contributed by atoms with van der Waals surface area (Å²) < 4.78 is 1.63. The second-order valence-electron chi connectivity index (χ2n) is 4.11. The van der Waals surface area contributed by atoms with E-state index in [9.17, 15) is 4.79 Å². The van der Waals surface area contributed by atoms with Crippen LogP contribution in [-0.2, 0) is 7.05 Å². The Bertz CT molecular complexity index is 594. The van der Waals surface area contributed by atoms with Crippen molar-refractivity contribution in [3.05, 3.63) is 36.0 Å². The van der Waals surface area contributed by atoms with Gasteiger partial charge in [-0.2, -0.15) is 5.10 Å². The standard InChI is InChI=1S/C13H16N4OS/c1-9-7-12(17(2)16-9)15-13(18)14-10-5-4-6-11(8-10)19-3/h4-8H,1-3H3,(H2,14,15,18). The molecule has 0 atom stereocenters. The molecule has 0 aliphatic rings. The zero-order chi connectivity index (χ0) is 13.8. The van der Waals surface area contributed by atoms with Gasteiger partial charge in [-0.25, -0.2) is 4.79 Å². The van der Waals surface area contributed by atoms with Gasteiger partial charge in [0.1, 0.15) is 5.82 Å². The average Bonchev–Trinajstić information content (AvgIpc) is 2.68. The van der Waals surface area contributed by atoms with Gasteiger partial charge in [-0.05, 0) is 31.4 Å². The van der Waals surface area contributed by atoms with Crippen LogP contribution in [0.15, 0.2) is 35.2 Å². The Morgan fingerprint density at radius 2 is 2.11 bits per heavy atom. The summed E-state index contributed by atoms with van der Waals surface area (Å²) in [5, 5.41) is 9.73. The molecular formula is C13H16N4OS. The number of rotatable bonds is 3. The molecule has 5 nitrogen and oxygen atoms in total. The third-order valence-corrected chi connectivity index (χ3v) is 3.30. The smallest absolute Gasteiger partial charge is 0.308 e. The molecule has 0 bridgehead atoms. The molecule has 0 spiro atoms. The molecule has 2 aromatic rings. The molecular weight excluding hydrogens is 260 g/mol. The summed E-state index contributed by atoms with van der Waals surface area (Å²) in [5.41, 5.74) is 1.63. The van der Waals surface area contributed by atoms with E-state index in [1.54, 1.807) is 23.5 Å². The number of hydrogen-bond donors (Lipinski definition) is 2. The second kappa shape index (κ2) is 5.79. The molecule has 0 saturated carbocycles. The second-order valence-corrected chi connectivity index (χ2v) is 4.99. The molecule has 0 aliphatic heterocycles. The van der Waals surface area contributed by atoms with Crippen LogP contribution in [0.25, 0.3) is 0 Å². The highest BCUT2D eigenvalue weighted by Gasteiger charge is 2.07. The lowest BCUT2D eigenvalue weighted by atomic mass is 10.3. The highest BCUT2D eigenvalue weighted by molar-refractivity contribution is 7.98. The summed E-state index contributed by atoms with van der Waals surface area (Å²) in [6, 6.07) is 9.24. The van der Waals surface area contributed by atoms with Crippen molar-refractivity contribution >= 4 is 29.3 Å². The number of nitrogens with zero attached hydrogens (tertiary/aromatic N) is 2. The predicted octanol–water partition coefficient (Wildman–Crippen LogP) is 3.09. The molecule has 2 N–H and O–H groups in total. The van der Waals surface area contributed by atoms with Crippen molar-refractivity contribution in [2.45, 2.75) is 11.8 Å². The maximum absolute atomic E-state index is 11.9. The van der Waals surface area contributed by atoms with E-state index in [1.807, 2.05) is 43.5 Å². The molecule has 100 valence electrons. The summed E-state index contributed by atoms with van der Waals surface area (Å²) >= 11 is 1.63. The van der Waals surface area contributed by atoms with E-state index < -0.39 is 0 Å². The number of aromatic nitrogens is 2. The summed E-state index contributed by atoms with van der Waals surface area (Å²) in [6.07, 6.45) is 2.00. The number of anilines is 2. The molecule has 6 heteroatoms. The quantitative estimate of drug-likeness (QED) is 0.847. The van der Waals surface area contributed by atoms with Crippen LogP contribution in [0.2, 0.25) is 0 Å². The Kier molecular flexibility index (Phi) is 4.11. The van der Waals surface area contributed by atoms with Crippen LogP contribution < -0.4 is 10.6 Å². The van der Waals surface area contributed by atoms with E-state index in [0.29, 0.717) is 5.82 Å². The first-order valence-electron chi connectivity index (χ1n) is 5.81. The Balaban J connectivity index is 2.03. The molecule has 0 aliphatic carbocycles. The van der Waals surface area contributed by atoms with Crippen molar-refractivity contribution in [3.8, 4) is 0 Å². The maximum atomic E-state index is 11.9. The number of amides is 2. The van der Waals surface area contributed by atoms with Crippen molar-refractivity contribution in [2.24, 2.45) is 7.05 Å². The van der Waals surface area contributed by atoms with Crippen LogP contribution in [0.4, 0.5) is 16.3 Å². The van der Waals surface area contributed by atoms with Crippen LogP contribution in [0.1, 0.15) is 5.69 Å². The molecule has 0 saturated heterocycles. The highest BCUT2D eigenvalue weighted by Crippen LogP contribution is 2.19. The van der Waals surface area contributed by atoms with Gasteiger partial charge in [-0.1, -0.05) is 6.07 Å². The minimum atomic E-state index is -0.277. The number of hydrogen-bond acceptors (Lipinski definition) is 3. The zero-order valence-corrected chi connectivity index (χ0v) is 11.9.